The second kappa shape index (κ2) is 7.96. The van der Waals surface area contributed by atoms with Crippen molar-refractivity contribution in [2.75, 3.05) is 13.6 Å². The molecule has 5 N–H and O–H groups in total. The molecule has 2 aliphatic carbocycles. The van der Waals surface area contributed by atoms with Gasteiger partial charge in [0.2, 0.25) is 0 Å². The monoisotopic (exact) mass is 368 g/mol. The summed E-state index contributed by atoms with van der Waals surface area (Å²) >= 11 is 0. The van der Waals surface area contributed by atoms with Crippen LogP contribution in [0.1, 0.15) is 30.9 Å². The Kier molecular flexibility index (Phi) is 5.65. The first-order valence-electron chi connectivity index (χ1n) is 9.38. The molecular formula is C21H28N4O2. The maximum absolute atomic E-state index is 11.7. The summed E-state index contributed by atoms with van der Waals surface area (Å²) in [6.07, 6.45) is 7.97. The summed E-state index contributed by atoms with van der Waals surface area (Å²) in [7, 11) is 1.80. The smallest absolute Gasteiger partial charge is 0.155 e. The molecule has 3 rings (SSSR count). The molecule has 0 saturated heterocycles. The van der Waals surface area contributed by atoms with Crippen molar-refractivity contribution >= 4 is 17.8 Å². The van der Waals surface area contributed by atoms with Crippen molar-refractivity contribution in [1.29, 1.82) is 0 Å². The minimum Gasteiger partial charge on any atom is -0.394 e. The molecule has 6 heteroatoms. The number of nitrogens with two attached hydrogens (primary N) is 1. The largest absolute Gasteiger partial charge is 0.394 e. The van der Waals surface area contributed by atoms with E-state index in [0.29, 0.717) is 35.7 Å². The van der Waals surface area contributed by atoms with E-state index in [1.54, 1.807) is 19.3 Å². The van der Waals surface area contributed by atoms with Crippen LogP contribution in [0.25, 0.3) is 0 Å². The second-order valence-corrected chi connectivity index (χ2v) is 7.69. The summed E-state index contributed by atoms with van der Waals surface area (Å²) in [5, 5.41) is 16.5. The average molecular weight is 368 g/mol. The lowest BCUT2D eigenvalue weighted by atomic mass is 10.0. The molecule has 1 unspecified atom stereocenters. The molecule has 1 fully saturated rings. The number of amidine groups is 1. The minimum atomic E-state index is -0.706. The van der Waals surface area contributed by atoms with E-state index in [1.165, 1.54) is 12.8 Å². The van der Waals surface area contributed by atoms with Crippen LogP contribution in [0.15, 0.2) is 46.7 Å². The van der Waals surface area contributed by atoms with Crippen molar-refractivity contribution in [2.24, 2.45) is 16.6 Å². The van der Waals surface area contributed by atoms with Gasteiger partial charge in [0.1, 0.15) is 5.84 Å². The maximum Gasteiger partial charge on any atom is 0.155 e. The van der Waals surface area contributed by atoms with Gasteiger partial charge in [0, 0.05) is 32.1 Å². The fourth-order valence-corrected chi connectivity index (χ4v) is 3.35. The summed E-state index contributed by atoms with van der Waals surface area (Å²) in [6.45, 7) is 2.66. The summed E-state index contributed by atoms with van der Waals surface area (Å²) in [6, 6.07) is 5.78. The van der Waals surface area contributed by atoms with E-state index in [0.717, 1.165) is 24.0 Å². The Morgan fingerprint density at radius 1 is 1.37 bits per heavy atom. The Labute approximate surface area is 160 Å². The van der Waals surface area contributed by atoms with Gasteiger partial charge in [-0.1, -0.05) is 6.07 Å². The number of carbonyl (C=O) groups excluding carboxylic acids is 1. The van der Waals surface area contributed by atoms with Gasteiger partial charge in [-0.3, -0.25) is 4.79 Å². The molecule has 144 valence electrons. The summed E-state index contributed by atoms with van der Waals surface area (Å²) < 4.78 is 0. The van der Waals surface area contributed by atoms with Crippen molar-refractivity contribution in [3.05, 3.63) is 52.9 Å². The highest BCUT2D eigenvalue weighted by Crippen LogP contribution is 2.32. The van der Waals surface area contributed by atoms with Crippen LogP contribution >= 0.6 is 0 Å². The second-order valence-electron chi connectivity index (χ2n) is 7.69. The van der Waals surface area contributed by atoms with Gasteiger partial charge in [-0.2, -0.15) is 0 Å². The van der Waals surface area contributed by atoms with Gasteiger partial charge in [-0.15, -0.1) is 0 Å². The molecule has 0 heterocycles. The number of aldehydes is 1. The third-order valence-electron chi connectivity index (χ3n) is 4.96. The number of aliphatic hydroxyl groups is 1. The van der Waals surface area contributed by atoms with Crippen LogP contribution in [0, 0.1) is 5.92 Å². The molecule has 2 aliphatic rings. The Hall–Kier alpha value is -2.60. The molecule has 1 aromatic carbocycles. The summed E-state index contributed by atoms with van der Waals surface area (Å²) in [5.41, 5.74) is 9.36. The van der Waals surface area contributed by atoms with Crippen LogP contribution in [-0.2, 0) is 17.6 Å². The number of nitrogens with zero attached hydrogens (tertiary/aromatic N) is 1. The van der Waals surface area contributed by atoms with Crippen LogP contribution in [-0.4, -0.2) is 36.4 Å². The zero-order valence-electron chi connectivity index (χ0n) is 16.0. The van der Waals surface area contributed by atoms with Crippen LogP contribution < -0.4 is 16.4 Å². The van der Waals surface area contributed by atoms with E-state index in [-0.39, 0.29) is 5.84 Å². The van der Waals surface area contributed by atoms with Crippen LogP contribution in [0.3, 0.4) is 0 Å². The topological polar surface area (TPSA) is 99.7 Å². The fraction of sp³-hybridized carbons (Fsp3) is 0.429. The quantitative estimate of drug-likeness (QED) is 0.184. The lowest BCUT2D eigenvalue weighted by Gasteiger charge is -2.13. The Balaban J connectivity index is 1.86. The van der Waals surface area contributed by atoms with Gasteiger partial charge in [-0.25, -0.2) is 4.99 Å². The van der Waals surface area contributed by atoms with Crippen molar-refractivity contribution in [2.45, 2.75) is 38.2 Å². The molecule has 0 amide bonds. The van der Waals surface area contributed by atoms with E-state index in [9.17, 15) is 9.90 Å². The lowest BCUT2D eigenvalue weighted by molar-refractivity contribution is -0.104. The molecular weight excluding hydrogens is 340 g/mol. The Morgan fingerprint density at radius 2 is 2.11 bits per heavy atom. The van der Waals surface area contributed by atoms with E-state index in [1.807, 2.05) is 25.1 Å². The molecule has 0 bridgehead atoms. The number of fused-ring (bicyclic) bond motifs is 1. The number of nitrogens with one attached hydrogen (secondary N) is 2. The normalized spacial score (nSPS) is 23.1. The molecule has 1 aromatic rings. The van der Waals surface area contributed by atoms with E-state index < -0.39 is 5.60 Å². The van der Waals surface area contributed by atoms with Gasteiger partial charge in [0.25, 0.3) is 0 Å². The molecule has 0 spiro atoms. The number of allylic oxidation sites excluding steroid dienone is 1. The number of carbonyl (C=O) groups is 1. The summed E-state index contributed by atoms with van der Waals surface area (Å²) in [4.78, 5) is 16.2. The van der Waals surface area contributed by atoms with Gasteiger partial charge in [-0.05, 0) is 61.2 Å². The summed E-state index contributed by atoms with van der Waals surface area (Å²) in [5.74, 6) is 0.840. The first-order chi connectivity index (χ1) is 12.9. The fourth-order valence-electron chi connectivity index (χ4n) is 3.35. The van der Waals surface area contributed by atoms with E-state index in [2.05, 4.69) is 15.6 Å². The predicted molar refractivity (Wildman–Crippen MR) is 108 cm³/mol. The average Bonchev–Trinajstić information content (AvgIpc) is 3.38. The Morgan fingerprint density at radius 3 is 2.78 bits per heavy atom. The van der Waals surface area contributed by atoms with Crippen molar-refractivity contribution in [3.63, 3.8) is 0 Å². The standard InChI is InChI=1S/C21H28N4O2/c1-21(27)10-15-5-6-17(9-16(15)11-21)25-20(22)18(13-26)19(7-8-23-2)24-12-14-3-4-14/h5-9,13-14,23-24,27H,3-4,10-12H2,1-2H3,(H2,22,25)/b8-7-,19-18-. The van der Waals surface area contributed by atoms with Crippen LogP contribution in [0.2, 0.25) is 0 Å². The van der Waals surface area contributed by atoms with Gasteiger partial charge >= 0.3 is 0 Å². The Bertz CT molecular complexity index is 804. The third-order valence-corrected chi connectivity index (χ3v) is 4.96. The number of hydrogen-bond acceptors (Lipinski definition) is 5. The predicted octanol–water partition coefficient (Wildman–Crippen LogP) is 1.71. The minimum absolute atomic E-state index is 0.175. The zero-order valence-corrected chi connectivity index (χ0v) is 16.0. The van der Waals surface area contributed by atoms with E-state index >= 15 is 0 Å². The first kappa shape index (κ1) is 19.2. The molecule has 1 saturated carbocycles. The van der Waals surface area contributed by atoms with Crippen LogP contribution in [0.4, 0.5) is 5.69 Å². The molecule has 0 radical (unpaired) electrons. The molecule has 0 aliphatic heterocycles. The number of hydrogen-bond donors (Lipinski definition) is 4. The van der Waals surface area contributed by atoms with Crippen molar-refractivity contribution < 1.29 is 9.90 Å². The molecule has 27 heavy (non-hydrogen) atoms. The van der Waals surface area contributed by atoms with Gasteiger partial charge < -0.3 is 21.5 Å². The lowest BCUT2D eigenvalue weighted by Crippen LogP contribution is -2.24. The molecule has 0 aromatic heterocycles. The van der Waals surface area contributed by atoms with E-state index in [4.69, 9.17) is 5.73 Å². The highest BCUT2D eigenvalue weighted by molar-refractivity contribution is 6.14. The van der Waals surface area contributed by atoms with Crippen molar-refractivity contribution in [1.82, 2.24) is 10.6 Å². The van der Waals surface area contributed by atoms with Crippen LogP contribution in [0.5, 0.6) is 0 Å². The SMILES string of the molecule is CN/C=C\C(NCC1CC1)=C(/C=O)C(N)=Nc1ccc2c(c1)CC(C)(O)C2. The number of aliphatic imine (C=N–C) groups is 1. The van der Waals surface area contributed by atoms with Gasteiger partial charge in [0.15, 0.2) is 6.29 Å². The molecule has 6 nitrogen and oxygen atoms in total. The maximum atomic E-state index is 11.7. The van der Waals surface area contributed by atoms with Gasteiger partial charge in [0.05, 0.1) is 16.9 Å². The molecule has 1 atom stereocenters. The third kappa shape index (κ3) is 4.98. The number of rotatable bonds is 8. The first-order valence-corrected chi connectivity index (χ1v) is 9.38. The zero-order chi connectivity index (χ0) is 19.4. The van der Waals surface area contributed by atoms with Crippen molar-refractivity contribution in [3.8, 4) is 0 Å². The highest BCUT2D eigenvalue weighted by atomic mass is 16.3. The highest BCUT2D eigenvalue weighted by Gasteiger charge is 2.30. The number of benzene rings is 1.